The third kappa shape index (κ3) is 4.27. The summed E-state index contributed by atoms with van der Waals surface area (Å²) in [5.74, 6) is -0.398. The van der Waals surface area contributed by atoms with Crippen LogP contribution in [0.2, 0.25) is 0 Å². The number of non-ortho nitro benzene ring substituents is 1. The average molecular weight is 465 g/mol. The molecule has 0 saturated heterocycles. The number of benzene rings is 2. The van der Waals surface area contributed by atoms with Gasteiger partial charge in [-0.2, -0.15) is 10.2 Å². The number of fused-ring (bicyclic) bond motifs is 1. The van der Waals surface area contributed by atoms with Crippen molar-refractivity contribution >= 4 is 23.5 Å². The molecule has 3 aromatic heterocycles. The van der Waals surface area contributed by atoms with E-state index in [0.29, 0.717) is 33.9 Å². The quantitative estimate of drug-likeness (QED) is 0.229. The maximum Gasteiger partial charge on any atom is 0.290 e. The molecule has 0 aliphatic heterocycles. The molecule has 0 spiro atoms. The van der Waals surface area contributed by atoms with E-state index in [9.17, 15) is 14.9 Å². The first-order valence-corrected chi connectivity index (χ1v) is 10.7. The van der Waals surface area contributed by atoms with Crippen LogP contribution in [0, 0.1) is 17.0 Å². The van der Waals surface area contributed by atoms with Crippen molar-refractivity contribution in [1.82, 2.24) is 24.6 Å². The minimum Gasteiger partial charge on any atom is -0.295 e. The fourth-order valence-corrected chi connectivity index (χ4v) is 3.76. The molecule has 0 saturated carbocycles. The van der Waals surface area contributed by atoms with E-state index in [4.69, 9.17) is 0 Å². The van der Waals surface area contributed by atoms with Crippen molar-refractivity contribution in [3.8, 4) is 16.9 Å². The standard InChI is InChI=1S/C25H19N7O3/c1-17-24(30-14-6-5-9-22(30)27-17)25(33)28-26-15-19-16-31(20-7-3-2-4-8-20)29-23(19)18-10-12-21(13-11-18)32(34)35/h2-16H,1H3,(H,28,33)/b26-15+. The molecule has 0 atom stereocenters. The van der Waals surface area contributed by atoms with E-state index in [2.05, 4.69) is 20.6 Å². The number of aromatic nitrogens is 4. The zero-order valence-corrected chi connectivity index (χ0v) is 18.6. The van der Waals surface area contributed by atoms with E-state index >= 15 is 0 Å². The van der Waals surface area contributed by atoms with Gasteiger partial charge in [0.15, 0.2) is 0 Å². The zero-order valence-electron chi connectivity index (χ0n) is 18.6. The number of aryl methyl sites for hydroxylation is 1. The highest BCUT2D eigenvalue weighted by atomic mass is 16.6. The molecule has 5 aromatic rings. The predicted octanol–water partition coefficient (Wildman–Crippen LogP) is 4.17. The van der Waals surface area contributed by atoms with Gasteiger partial charge in [-0.1, -0.05) is 24.3 Å². The maximum atomic E-state index is 12.8. The summed E-state index contributed by atoms with van der Waals surface area (Å²) >= 11 is 0. The highest BCUT2D eigenvalue weighted by Crippen LogP contribution is 2.25. The lowest BCUT2D eigenvalue weighted by atomic mass is 10.1. The molecule has 0 unspecified atom stereocenters. The molecule has 172 valence electrons. The van der Waals surface area contributed by atoms with Crippen molar-refractivity contribution < 1.29 is 9.72 Å². The van der Waals surface area contributed by atoms with Crippen LogP contribution in [0.3, 0.4) is 0 Å². The number of nitrogens with one attached hydrogen (secondary N) is 1. The van der Waals surface area contributed by atoms with E-state index in [1.165, 1.54) is 18.3 Å². The van der Waals surface area contributed by atoms with Gasteiger partial charge >= 0.3 is 0 Å². The number of hydrogen-bond donors (Lipinski definition) is 1. The molecule has 10 heteroatoms. The summed E-state index contributed by atoms with van der Waals surface area (Å²) in [6, 6.07) is 21.1. The number of hydrogen-bond acceptors (Lipinski definition) is 6. The number of imidazole rings is 1. The number of amides is 1. The summed E-state index contributed by atoms with van der Waals surface area (Å²) in [5.41, 5.74) is 6.90. The van der Waals surface area contributed by atoms with Crippen LogP contribution >= 0.6 is 0 Å². The molecule has 0 aliphatic rings. The molecular weight excluding hydrogens is 446 g/mol. The highest BCUT2D eigenvalue weighted by Gasteiger charge is 2.16. The van der Waals surface area contributed by atoms with Gasteiger partial charge in [-0.3, -0.25) is 19.3 Å². The average Bonchev–Trinajstić information content (AvgIpc) is 3.45. The number of carbonyl (C=O) groups is 1. The Morgan fingerprint density at radius 2 is 1.80 bits per heavy atom. The van der Waals surface area contributed by atoms with Gasteiger partial charge in [0.2, 0.25) is 0 Å². The number of nitrogens with zero attached hydrogens (tertiary/aromatic N) is 6. The number of pyridine rings is 1. The molecule has 0 fully saturated rings. The summed E-state index contributed by atoms with van der Waals surface area (Å²) in [6.45, 7) is 1.77. The molecule has 3 heterocycles. The first-order chi connectivity index (χ1) is 17.0. The van der Waals surface area contributed by atoms with E-state index in [0.717, 1.165) is 5.69 Å². The molecule has 2 aromatic carbocycles. The Morgan fingerprint density at radius 3 is 2.54 bits per heavy atom. The van der Waals surface area contributed by atoms with Gasteiger partial charge in [-0.15, -0.1) is 0 Å². The molecule has 10 nitrogen and oxygen atoms in total. The van der Waals surface area contributed by atoms with Gasteiger partial charge in [-0.05, 0) is 43.3 Å². The van der Waals surface area contributed by atoms with E-state index in [1.54, 1.807) is 40.5 Å². The zero-order chi connectivity index (χ0) is 24.4. The van der Waals surface area contributed by atoms with Crippen molar-refractivity contribution in [1.29, 1.82) is 0 Å². The van der Waals surface area contributed by atoms with E-state index in [-0.39, 0.29) is 5.69 Å². The van der Waals surface area contributed by atoms with Gasteiger partial charge in [0.05, 0.1) is 22.5 Å². The summed E-state index contributed by atoms with van der Waals surface area (Å²) in [7, 11) is 0. The number of para-hydroxylation sites is 1. The second-order valence-electron chi connectivity index (χ2n) is 7.69. The first kappa shape index (κ1) is 21.7. The minimum absolute atomic E-state index is 0.0119. The Kier molecular flexibility index (Phi) is 5.60. The third-order valence-corrected chi connectivity index (χ3v) is 5.40. The summed E-state index contributed by atoms with van der Waals surface area (Å²) in [4.78, 5) is 27.8. The molecular formula is C25H19N7O3. The van der Waals surface area contributed by atoms with Crippen molar-refractivity contribution in [3.05, 3.63) is 112 Å². The Balaban J connectivity index is 1.47. The first-order valence-electron chi connectivity index (χ1n) is 10.7. The topological polar surface area (TPSA) is 120 Å². The molecule has 5 rings (SSSR count). The molecule has 0 aliphatic carbocycles. The number of hydrazone groups is 1. The van der Waals surface area contributed by atoms with Crippen molar-refractivity contribution in [2.75, 3.05) is 0 Å². The molecule has 0 radical (unpaired) electrons. The predicted molar refractivity (Wildman–Crippen MR) is 131 cm³/mol. The summed E-state index contributed by atoms with van der Waals surface area (Å²) < 4.78 is 3.39. The van der Waals surface area contributed by atoms with Crippen molar-refractivity contribution in [3.63, 3.8) is 0 Å². The van der Waals surface area contributed by atoms with E-state index in [1.807, 2.05) is 48.5 Å². The Morgan fingerprint density at radius 1 is 1.06 bits per heavy atom. The summed E-state index contributed by atoms with van der Waals surface area (Å²) in [6.07, 6.45) is 5.05. The molecule has 0 bridgehead atoms. The van der Waals surface area contributed by atoms with Gasteiger partial charge in [0, 0.05) is 35.7 Å². The lowest BCUT2D eigenvalue weighted by Crippen LogP contribution is -2.20. The molecule has 1 N–H and O–H groups in total. The fourth-order valence-electron chi connectivity index (χ4n) is 3.76. The van der Waals surface area contributed by atoms with Gasteiger partial charge < -0.3 is 0 Å². The van der Waals surface area contributed by atoms with E-state index < -0.39 is 10.8 Å². The summed E-state index contributed by atoms with van der Waals surface area (Å²) in [5, 5.41) is 19.8. The Hall–Kier alpha value is -5.12. The van der Waals surface area contributed by atoms with Crippen LogP contribution in [0.5, 0.6) is 0 Å². The Labute approximate surface area is 199 Å². The lowest BCUT2D eigenvalue weighted by molar-refractivity contribution is -0.384. The number of nitro benzene ring substituents is 1. The van der Waals surface area contributed by atoms with Gasteiger partial charge in [0.1, 0.15) is 17.0 Å². The normalized spacial score (nSPS) is 11.2. The van der Waals surface area contributed by atoms with Crippen LogP contribution in [-0.4, -0.2) is 36.2 Å². The van der Waals surface area contributed by atoms with Crippen LogP contribution in [0.15, 0.2) is 90.3 Å². The van der Waals surface area contributed by atoms with Crippen molar-refractivity contribution in [2.45, 2.75) is 6.92 Å². The number of carbonyl (C=O) groups excluding carboxylic acids is 1. The largest absolute Gasteiger partial charge is 0.295 e. The van der Waals surface area contributed by atoms with Crippen molar-refractivity contribution in [2.24, 2.45) is 5.10 Å². The smallest absolute Gasteiger partial charge is 0.290 e. The second-order valence-corrected chi connectivity index (χ2v) is 7.69. The second kappa shape index (κ2) is 9.02. The van der Waals surface area contributed by atoms with Gasteiger partial charge in [0.25, 0.3) is 11.6 Å². The van der Waals surface area contributed by atoms with Crippen LogP contribution < -0.4 is 5.43 Å². The molecule has 35 heavy (non-hydrogen) atoms. The lowest BCUT2D eigenvalue weighted by Gasteiger charge is -2.02. The van der Waals surface area contributed by atoms with Gasteiger partial charge in [-0.25, -0.2) is 15.1 Å². The third-order valence-electron chi connectivity index (χ3n) is 5.40. The fraction of sp³-hybridized carbons (Fsp3) is 0.0400. The SMILES string of the molecule is Cc1nc2ccccn2c1C(=O)N/N=C/c1cn(-c2ccccc2)nc1-c1ccc([N+](=O)[O-])cc1. The van der Waals surface area contributed by atoms with Crippen LogP contribution in [0.25, 0.3) is 22.6 Å². The highest BCUT2D eigenvalue weighted by molar-refractivity contribution is 5.96. The van der Waals surface area contributed by atoms with Crippen LogP contribution in [0.1, 0.15) is 21.7 Å². The maximum absolute atomic E-state index is 12.8. The Bertz CT molecular complexity index is 1570. The molecule has 1 amide bonds. The monoisotopic (exact) mass is 465 g/mol. The van der Waals surface area contributed by atoms with Crippen LogP contribution in [0.4, 0.5) is 5.69 Å². The minimum atomic E-state index is -0.452. The number of nitro groups is 1. The van der Waals surface area contributed by atoms with Crippen LogP contribution in [-0.2, 0) is 0 Å². The number of rotatable bonds is 6.